The van der Waals surface area contributed by atoms with Crippen molar-refractivity contribution in [3.63, 3.8) is 0 Å². The molecule has 0 unspecified atom stereocenters. The molecule has 1 N–H and O–H groups in total. The average molecular weight is 582 g/mol. The van der Waals surface area contributed by atoms with E-state index in [4.69, 9.17) is 21.7 Å². The maximum atomic E-state index is 14.7. The first-order valence-electron chi connectivity index (χ1n) is 13.2. The molecule has 216 valence electrons. The highest BCUT2D eigenvalue weighted by molar-refractivity contribution is 7.80. The first-order valence-corrected chi connectivity index (χ1v) is 13.6. The predicted molar refractivity (Wildman–Crippen MR) is 153 cm³/mol. The lowest BCUT2D eigenvalue weighted by Gasteiger charge is -2.36. The van der Waals surface area contributed by atoms with E-state index < -0.39 is 57.8 Å². The molecule has 1 saturated heterocycles. The smallest absolute Gasteiger partial charge is 0.421 e. The molecule has 5 rings (SSSR count). The Labute approximate surface area is 243 Å². The fourth-order valence-corrected chi connectivity index (χ4v) is 6.55. The number of esters is 1. The molecule has 0 aromatic heterocycles. The van der Waals surface area contributed by atoms with Crippen LogP contribution in [0.5, 0.6) is 0 Å². The van der Waals surface area contributed by atoms with Gasteiger partial charge < -0.3 is 19.7 Å². The van der Waals surface area contributed by atoms with Gasteiger partial charge in [0.2, 0.25) is 0 Å². The highest BCUT2D eigenvalue weighted by Crippen LogP contribution is 2.60. The number of amides is 3. The molecule has 3 heterocycles. The van der Waals surface area contributed by atoms with Gasteiger partial charge in [-0.2, -0.15) is 0 Å². The lowest BCUT2D eigenvalue weighted by atomic mass is 9.64. The second kappa shape index (κ2) is 8.82. The van der Waals surface area contributed by atoms with Crippen molar-refractivity contribution in [2.75, 3.05) is 16.8 Å². The number of likely N-dealkylation sites (N-methyl/N-ethyl adjacent to an activating group) is 1. The van der Waals surface area contributed by atoms with E-state index in [-0.39, 0.29) is 27.5 Å². The number of benzene rings is 2. The fourth-order valence-electron chi connectivity index (χ4n) is 6.07. The first-order chi connectivity index (χ1) is 18.9. The first kappa shape index (κ1) is 28.7. The molecule has 0 radical (unpaired) electrons. The number of hydrogen-bond acceptors (Lipinski definition) is 7. The standard InChI is InChI=1S/C30H32FN3O6S/c1-15-9-12-19-18(13-15)29(24(36)34(19)26(38)40-28(5,6)7)21(22(35)39-27(2,3)4)30(32-23(29)41)17-11-10-16(31)14-20(17)33(8)25(30)37/h9-14,21H,1-8H3,(H,32,41)/t21-,29-,30-/m0/s1. The molecule has 0 aliphatic carbocycles. The average Bonchev–Trinajstić information content (AvgIpc) is 3.33. The summed E-state index contributed by atoms with van der Waals surface area (Å²) in [6.07, 6.45) is -0.950. The molecule has 2 aromatic rings. The van der Waals surface area contributed by atoms with E-state index in [1.165, 1.54) is 30.1 Å². The Balaban J connectivity index is 1.84. The van der Waals surface area contributed by atoms with Crippen LogP contribution in [0.4, 0.5) is 20.6 Å². The maximum absolute atomic E-state index is 14.7. The molecule has 0 bridgehead atoms. The van der Waals surface area contributed by atoms with E-state index in [0.29, 0.717) is 0 Å². The number of carbonyl (C=O) groups is 4. The molecule has 0 saturated carbocycles. The fraction of sp³-hybridized carbons (Fsp3) is 0.433. The number of nitrogens with zero attached hydrogens (tertiary/aromatic N) is 2. The van der Waals surface area contributed by atoms with Gasteiger partial charge >= 0.3 is 12.1 Å². The number of thiocarbonyl (C=S) groups is 1. The second-order valence-corrected chi connectivity index (χ2v) is 13.1. The topological polar surface area (TPSA) is 105 Å². The summed E-state index contributed by atoms with van der Waals surface area (Å²) in [5.74, 6) is -4.52. The van der Waals surface area contributed by atoms with Crippen LogP contribution in [0.3, 0.4) is 0 Å². The zero-order valence-corrected chi connectivity index (χ0v) is 25.0. The van der Waals surface area contributed by atoms with Gasteiger partial charge in [-0.05, 0) is 66.7 Å². The molecular formula is C30H32FN3O6S. The van der Waals surface area contributed by atoms with Gasteiger partial charge in [-0.25, -0.2) is 14.1 Å². The Hall–Kier alpha value is -3.86. The van der Waals surface area contributed by atoms with Crippen LogP contribution >= 0.6 is 12.2 Å². The van der Waals surface area contributed by atoms with Gasteiger partial charge in [0.1, 0.15) is 28.4 Å². The molecule has 3 atom stereocenters. The van der Waals surface area contributed by atoms with Gasteiger partial charge in [-0.15, -0.1) is 0 Å². The van der Waals surface area contributed by atoms with Crippen molar-refractivity contribution in [3.05, 3.63) is 58.9 Å². The Morgan fingerprint density at radius 1 is 0.927 bits per heavy atom. The normalized spacial score (nSPS) is 25.1. The minimum atomic E-state index is -2.01. The molecule has 3 amide bonds. The van der Waals surface area contributed by atoms with Gasteiger partial charge in [0.25, 0.3) is 11.8 Å². The number of anilines is 2. The minimum Gasteiger partial charge on any atom is -0.460 e. The molecular weight excluding hydrogens is 549 g/mol. The zero-order chi connectivity index (χ0) is 30.4. The number of halogens is 1. The molecule has 3 aliphatic rings. The summed E-state index contributed by atoms with van der Waals surface area (Å²) < 4.78 is 25.8. The van der Waals surface area contributed by atoms with E-state index in [9.17, 15) is 23.6 Å². The Bertz CT molecular complexity index is 1560. The van der Waals surface area contributed by atoms with Crippen molar-refractivity contribution in [1.29, 1.82) is 0 Å². The third kappa shape index (κ3) is 3.96. The lowest BCUT2D eigenvalue weighted by Crippen LogP contribution is -2.58. The van der Waals surface area contributed by atoms with Crippen molar-refractivity contribution >= 4 is 52.5 Å². The number of nitrogens with one attached hydrogen (secondary N) is 1. The van der Waals surface area contributed by atoms with Gasteiger partial charge in [0.05, 0.1) is 16.4 Å². The van der Waals surface area contributed by atoms with Crippen molar-refractivity contribution < 1.29 is 33.0 Å². The minimum absolute atomic E-state index is 0.129. The van der Waals surface area contributed by atoms with Crippen LogP contribution in [0.15, 0.2) is 36.4 Å². The summed E-state index contributed by atoms with van der Waals surface area (Å²) in [6.45, 7) is 11.8. The second-order valence-electron chi connectivity index (χ2n) is 12.7. The van der Waals surface area contributed by atoms with Crippen molar-refractivity contribution in [2.45, 2.75) is 70.6 Å². The highest BCUT2D eigenvalue weighted by atomic mass is 32.1. The number of aryl methyl sites for hydroxylation is 1. The van der Waals surface area contributed by atoms with Gasteiger partial charge in [-0.3, -0.25) is 14.4 Å². The van der Waals surface area contributed by atoms with E-state index in [1.807, 2.05) is 0 Å². The molecule has 41 heavy (non-hydrogen) atoms. The van der Waals surface area contributed by atoms with Crippen molar-refractivity contribution in [1.82, 2.24) is 5.32 Å². The summed E-state index contributed by atoms with van der Waals surface area (Å²) in [7, 11) is 1.46. The quantitative estimate of drug-likeness (QED) is 0.390. The monoisotopic (exact) mass is 581 g/mol. The Kier molecular flexibility index (Phi) is 6.16. The van der Waals surface area contributed by atoms with Crippen LogP contribution in [0.2, 0.25) is 0 Å². The van der Waals surface area contributed by atoms with Crippen molar-refractivity contribution in [2.24, 2.45) is 5.92 Å². The Morgan fingerprint density at radius 3 is 2.17 bits per heavy atom. The Morgan fingerprint density at radius 2 is 1.56 bits per heavy atom. The summed E-state index contributed by atoms with van der Waals surface area (Å²) in [4.78, 5) is 58.8. The van der Waals surface area contributed by atoms with E-state index >= 15 is 0 Å². The number of carbonyl (C=O) groups excluding carboxylic acids is 4. The molecule has 9 nitrogen and oxygen atoms in total. The molecule has 3 aliphatic heterocycles. The van der Waals surface area contributed by atoms with Gasteiger partial charge in [-0.1, -0.05) is 36.0 Å². The molecule has 2 spiro atoms. The van der Waals surface area contributed by atoms with Crippen LogP contribution in [0.1, 0.15) is 58.2 Å². The van der Waals surface area contributed by atoms with E-state index in [1.54, 1.807) is 66.7 Å². The summed E-state index contributed by atoms with van der Waals surface area (Å²) >= 11 is 5.87. The van der Waals surface area contributed by atoms with Crippen LogP contribution < -0.4 is 15.1 Å². The van der Waals surface area contributed by atoms with Crippen LogP contribution in [0.25, 0.3) is 0 Å². The highest BCUT2D eigenvalue weighted by Gasteiger charge is 2.77. The predicted octanol–water partition coefficient (Wildman–Crippen LogP) is 4.41. The number of ether oxygens (including phenoxy) is 2. The van der Waals surface area contributed by atoms with Gasteiger partial charge in [0, 0.05) is 18.2 Å². The van der Waals surface area contributed by atoms with Crippen molar-refractivity contribution in [3.8, 4) is 0 Å². The van der Waals surface area contributed by atoms with Crippen LogP contribution in [-0.4, -0.2) is 47.1 Å². The zero-order valence-electron chi connectivity index (χ0n) is 24.2. The number of rotatable bonds is 1. The summed E-state index contributed by atoms with van der Waals surface area (Å²) in [5.41, 5.74) is -4.22. The molecule has 1 fully saturated rings. The summed E-state index contributed by atoms with van der Waals surface area (Å²) in [5, 5.41) is 3.05. The third-order valence-electron chi connectivity index (χ3n) is 7.50. The van der Waals surface area contributed by atoms with E-state index in [2.05, 4.69) is 5.32 Å². The largest absolute Gasteiger partial charge is 0.460 e. The number of fused-ring (bicyclic) bond motifs is 4. The van der Waals surface area contributed by atoms with Gasteiger partial charge in [0.15, 0.2) is 5.54 Å². The summed E-state index contributed by atoms with van der Waals surface area (Å²) in [6, 6.07) is 8.75. The lowest BCUT2D eigenvalue weighted by molar-refractivity contribution is -0.167. The van der Waals surface area contributed by atoms with E-state index in [0.717, 1.165) is 10.5 Å². The third-order valence-corrected chi connectivity index (χ3v) is 7.92. The van der Waals surface area contributed by atoms with Crippen LogP contribution in [-0.2, 0) is 34.8 Å². The molecule has 11 heteroatoms. The maximum Gasteiger partial charge on any atom is 0.421 e. The molecule has 2 aromatic carbocycles. The SMILES string of the molecule is Cc1ccc2c(c1)[C@@]1(C(=O)N2C(=O)OC(C)(C)C)C(=S)N[C@]2(C(=O)N(C)c3cc(F)ccc32)[C@H]1C(=O)OC(C)(C)C. The number of imide groups is 1. The van der Waals surface area contributed by atoms with Crippen LogP contribution in [0, 0.1) is 18.7 Å². The number of hydrogen-bond donors (Lipinski definition) is 1.